The number of nitrogens with zero attached hydrogens (tertiary/aromatic N) is 1. The summed E-state index contributed by atoms with van der Waals surface area (Å²) in [5, 5.41) is 11.6. The number of hydrogen-bond acceptors (Lipinski definition) is 2. The van der Waals surface area contributed by atoms with Gasteiger partial charge in [-0.3, -0.25) is 0 Å². The molecule has 0 fully saturated rings. The Kier molecular flexibility index (Phi) is 4.12. The molecule has 0 aliphatic carbocycles. The van der Waals surface area contributed by atoms with Crippen molar-refractivity contribution in [2.45, 2.75) is 13.0 Å². The molecule has 1 unspecified atom stereocenters. The van der Waals surface area contributed by atoms with E-state index in [1.54, 1.807) is 14.0 Å². The van der Waals surface area contributed by atoms with Gasteiger partial charge in [-0.05, 0) is 19.1 Å². The van der Waals surface area contributed by atoms with E-state index in [4.69, 9.17) is 5.11 Å². The molecule has 0 aliphatic rings. The van der Waals surface area contributed by atoms with Crippen molar-refractivity contribution in [2.24, 2.45) is 0 Å². The van der Waals surface area contributed by atoms with Crippen LogP contribution in [-0.2, 0) is 0 Å². The third-order valence-corrected chi connectivity index (χ3v) is 2.27. The largest absolute Gasteiger partial charge is 0.394 e. The standard InChI is InChI=1S/C11H16N2O2/c1-9(8-14)13(2)11(15)12-10-6-4-3-5-7-10/h3-7,9,14H,8H2,1-2H3,(H,12,15). The quantitative estimate of drug-likeness (QED) is 0.791. The van der Waals surface area contributed by atoms with Gasteiger partial charge in [-0.2, -0.15) is 0 Å². The number of amides is 2. The molecule has 0 radical (unpaired) electrons. The zero-order chi connectivity index (χ0) is 11.3. The first-order chi connectivity index (χ1) is 7.15. The van der Waals surface area contributed by atoms with Crippen molar-refractivity contribution in [1.82, 2.24) is 4.90 Å². The van der Waals surface area contributed by atoms with Crippen LogP contribution < -0.4 is 5.32 Å². The van der Waals surface area contributed by atoms with Gasteiger partial charge in [0.1, 0.15) is 0 Å². The highest BCUT2D eigenvalue weighted by molar-refractivity contribution is 5.89. The molecule has 1 rings (SSSR count). The first kappa shape index (κ1) is 11.5. The van der Waals surface area contributed by atoms with Gasteiger partial charge in [0, 0.05) is 12.7 Å². The first-order valence-electron chi connectivity index (χ1n) is 4.85. The molecule has 0 bridgehead atoms. The van der Waals surface area contributed by atoms with Crippen LogP contribution in [0.1, 0.15) is 6.92 Å². The average Bonchev–Trinajstić information content (AvgIpc) is 2.28. The number of likely N-dealkylation sites (N-methyl/N-ethyl adjacent to an activating group) is 1. The highest BCUT2D eigenvalue weighted by atomic mass is 16.3. The number of benzene rings is 1. The highest BCUT2D eigenvalue weighted by Crippen LogP contribution is 2.06. The summed E-state index contributed by atoms with van der Waals surface area (Å²) in [7, 11) is 1.65. The predicted octanol–water partition coefficient (Wildman–Crippen LogP) is 1.53. The Hall–Kier alpha value is -1.55. The zero-order valence-electron chi connectivity index (χ0n) is 8.97. The number of urea groups is 1. The zero-order valence-corrected chi connectivity index (χ0v) is 8.97. The fourth-order valence-corrected chi connectivity index (χ4v) is 1.06. The van der Waals surface area contributed by atoms with E-state index in [0.717, 1.165) is 5.69 Å². The number of aliphatic hydroxyl groups excluding tert-OH is 1. The molecule has 2 amide bonds. The monoisotopic (exact) mass is 208 g/mol. The number of aliphatic hydroxyl groups is 1. The summed E-state index contributed by atoms with van der Waals surface area (Å²) in [6.07, 6.45) is 0. The summed E-state index contributed by atoms with van der Waals surface area (Å²) in [5.41, 5.74) is 0.750. The average molecular weight is 208 g/mol. The van der Waals surface area contributed by atoms with E-state index in [1.165, 1.54) is 4.90 Å². The molecular weight excluding hydrogens is 192 g/mol. The number of carbonyl (C=O) groups is 1. The lowest BCUT2D eigenvalue weighted by Gasteiger charge is -2.23. The lowest BCUT2D eigenvalue weighted by atomic mass is 10.3. The van der Waals surface area contributed by atoms with Gasteiger partial charge < -0.3 is 15.3 Å². The number of para-hydroxylation sites is 1. The molecule has 0 aliphatic heterocycles. The molecule has 2 N–H and O–H groups in total. The maximum absolute atomic E-state index is 11.6. The van der Waals surface area contributed by atoms with Crippen molar-refractivity contribution in [2.75, 3.05) is 19.0 Å². The molecule has 4 nitrogen and oxygen atoms in total. The molecule has 82 valence electrons. The van der Waals surface area contributed by atoms with Crippen molar-refractivity contribution in [3.05, 3.63) is 30.3 Å². The second-order valence-electron chi connectivity index (χ2n) is 3.44. The first-order valence-corrected chi connectivity index (χ1v) is 4.85. The molecule has 1 atom stereocenters. The summed E-state index contributed by atoms with van der Waals surface area (Å²) < 4.78 is 0. The van der Waals surface area contributed by atoms with Gasteiger partial charge in [-0.15, -0.1) is 0 Å². The molecule has 4 heteroatoms. The van der Waals surface area contributed by atoms with Crippen LogP contribution in [0.15, 0.2) is 30.3 Å². The topological polar surface area (TPSA) is 52.6 Å². The van der Waals surface area contributed by atoms with Crippen LogP contribution in [0.5, 0.6) is 0 Å². The van der Waals surface area contributed by atoms with Gasteiger partial charge in [-0.25, -0.2) is 4.79 Å². The Bertz CT molecular complexity index is 314. The summed E-state index contributed by atoms with van der Waals surface area (Å²) in [6, 6.07) is 8.81. The number of rotatable bonds is 3. The molecule has 0 saturated carbocycles. The lowest BCUT2D eigenvalue weighted by molar-refractivity contribution is 0.166. The Labute approximate surface area is 89.5 Å². The van der Waals surface area contributed by atoms with Gasteiger partial charge in [0.05, 0.1) is 12.6 Å². The molecule has 0 heterocycles. The van der Waals surface area contributed by atoms with E-state index in [0.29, 0.717) is 0 Å². The van der Waals surface area contributed by atoms with Gasteiger partial charge in [0.25, 0.3) is 0 Å². The molecule has 0 aromatic heterocycles. The van der Waals surface area contributed by atoms with Gasteiger partial charge in [-0.1, -0.05) is 18.2 Å². The van der Waals surface area contributed by atoms with E-state index < -0.39 is 0 Å². The molecular formula is C11H16N2O2. The fraction of sp³-hybridized carbons (Fsp3) is 0.364. The second kappa shape index (κ2) is 5.36. The fourth-order valence-electron chi connectivity index (χ4n) is 1.06. The van der Waals surface area contributed by atoms with Crippen LogP contribution in [0.25, 0.3) is 0 Å². The highest BCUT2D eigenvalue weighted by Gasteiger charge is 2.14. The van der Waals surface area contributed by atoms with Crippen molar-refractivity contribution in [3.8, 4) is 0 Å². The summed E-state index contributed by atoms with van der Waals surface area (Å²) >= 11 is 0. The van der Waals surface area contributed by atoms with Crippen LogP contribution in [0.3, 0.4) is 0 Å². The number of carbonyl (C=O) groups excluding carboxylic acids is 1. The molecule has 0 spiro atoms. The Balaban J connectivity index is 2.56. The number of anilines is 1. The predicted molar refractivity (Wildman–Crippen MR) is 59.8 cm³/mol. The van der Waals surface area contributed by atoms with E-state index in [9.17, 15) is 4.79 Å². The minimum absolute atomic E-state index is 0.0429. The summed E-state index contributed by atoms with van der Waals surface area (Å²) in [5.74, 6) is 0. The lowest BCUT2D eigenvalue weighted by Crippen LogP contribution is -2.40. The second-order valence-corrected chi connectivity index (χ2v) is 3.44. The van der Waals surface area contributed by atoms with E-state index >= 15 is 0 Å². The van der Waals surface area contributed by atoms with E-state index in [-0.39, 0.29) is 18.7 Å². The van der Waals surface area contributed by atoms with Gasteiger partial charge in [0.15, 0.2) is 0 Å². The molecule has 1 aromatic carbocycles. The van der Waals surface area contributed by atoms with Crippen LogP contribution in [0, 0.1) is 0 Å². The van der Waals surface area contributed by atoms with E-state index in [1.807, 2.05) is 30.3 Å². The van der Waals surface area contributed by atoms with Crippen molar-refractivity contribution >= 4 is 11.7 Å². The van der Waals surface area contributed by atoms with Crippen molar-refractivity contribution < 1.29 is 9.90 Å². The molecule has 1 aromatic rings. The van der Waals surface area contributed by atoms with Crippen molar-refractivity contribution in [1.29, 1.82) is 0 Å². The Morgan fingerprint density at radius 2 is 2.07 bits per heavy atom. The van der Waals surface area contributed by atoms with Crippen LogP contribution in [0.2, 0.25) is 0 Å². The van der Waals surface area contributed by atoms with E-state index in [2.05, 4.69) is 5.32 Å². The minimum Gasteiger partial charge on any atom is -0.394 e. The van der Waals surface area contributed by atoms with Crippen LogP contribution in [0.4, 0.5) is 10.5 Å². The van der Waals surface area contributed by atoms with Crippen LogP contribution in [-0.4, -0.2) is 35.7 Å². The van der Waals surface area contributed by atoms with Gasteiger partial charge >= 0.3 is 6.03 Å². The maximum Gasteiger partial charge on any atom is 0.321 e. The third-order valence-electron chi connectivity index (χ3n) is 2.27. The SMILES string of the molecule is CC(CO)N(C)C(=O)Nc1ccccc1. The Morgan fingerprint density at radius 3 is 2.60 bits per heavy atom. The number of hydrogen-bond donors (Lipinski definition) is 2. The molecule has 0 saturated heterocycles. The maximum atomic E-state index is 11.6. The minimum atomic E-state index is -0.220. The van der Waals surface area contributed by atoms with Crippen molar-refractivity contribution in [3.63, 3.8) is 0 Å². The van der Waals surface area contributed by atoms with Gasteiger partial charge in [0.2, 0.25) is 0 Å². The smallest absolute Gasteiger partial charge is 0.321 e. The Morgan fingerprint density at radius 1 is 1.47 bits per heavy atom. The normalized spacial score (nSPS) is 11.9. The summed E-state index contributed by atoms with van der Waals surface area (Å²) in [4.78, 5) is 13.1. The molecule has 15 heavy (non-hydrogen) atoms. The number of nitrogens with one attached hydrogen (secondary N) is 1. The third kappa shape index (κ3) is 3.25. The summed E-state index contributed by atoms with van der Waals surface area (Å²) in [6.45, 7) is 1.74. The van der Waals surface area contributed by atoms with Crippen LogP contribution >= 0.6 is 0 Å².